The lowest BCUT2D eigenvalue weighted by Gasteiger charge is -2.11. The van der Waals surface area contributed by atoms with Crippen LogP contribution >= 0.6 is 28.0 Å². The molecule has 7 heteroatoms. The number of hydrogen-bond donors (Lipinski definition) is 0. The Labute approximate surface area is 149 Å². The van der Waals surface area contributed by atoms with Gasteiger partial charge in [0.1, 0.15) is 18.1 Å². The molecule has 0 unspecified atom stereocenters. The van der Waals surface area contributed by atoms with Crippen LogP contribution in [0.1, 0.15) is 12.8 Å². The second-order valence-corrected chi connectivity index (χ2v) is 7.37. The van der Waals surface area contributed by atoms with Crippen LogP contribution in [0.15, 0.2) is 22.7 Å². The second-order valence-electron chi connectivity index (χ2n) is 4.63. The maximum atomic E-state index is 5.73. The van der Waals surface area contributed by atoms with Gasteiger partial charge in [-0.25, -0.2) is 0 Å². The highest BCUT2D eigenvalue weighted by molar-refractivity contribution is 9.10. The largest absolute Gasteiger partial charge is 0.493 e. The molecule has 0 amide bonds. The molecule has 0 saturated carbocycles. The van der Waals surface area contributed by atoms with Gasteiger partial charge in [-0.1, -0.05) is 6.04 Å². The molecule has 1 rings (SSSR count). The molecule has 0 aliphatic rings. The molecule has 0 aliphatic heterocycles. The third-order valence-corrected chi connectivity index (χ3v) is 4.90. The molecule has 0 saturated heterocycles. The third-order valence-electron chi connectivity index (χ3n) is 2.75. The number of rotatable bonds is 13. The minimum atomic E-state index is 0.527. The fourth-order valence-electron chi connectivity index (χ4n) is 1.58. The average molecular weight is 409 g/mol. The molecule has 0 heterocycles. The molecule has 22 heavy (non-hydrogen) atoms. The third kappa shape index (κ3) is 9.04. The lowest BCUT2D eigenvalue weighted by atomic mass is 10.3. The van der Waals surface area contributed by atoms with Gasteiger partial charge in [0.05, 0.1) is 17.7 Å². The van der Waals surface area contributed by atoms with Crippen LogP contribution in [0, 0.1) is 0 Å². The van der Waals surface area contributed by atoms with Crippen LogP contribution in [-0.4, -0.2) is 49.5 Å². The molecule has 0 spiro atoms. The van der Waals surface area contributed by atoms with Crippen molar-refractivity contribution in [1.82, 2.24) is 0 Å². The molecule has 126 valence electrons. The van der Waals surface area contributed by atoms with Crippen molar-refractivity contribution in [3.05, 3.63) is 22.7 Å². The van der Waals surface area contributed by atoms with Gasteiger partial charge >= 0.3 is 0 Å². The lowest BCUT2D eigenvalue weighted by Crippen LogP contribution is -2.05. The van der Waals surface area contributed by atoms with E-state index in [-0.39, 0.29) is 0 Å². The fourth-order valence-corrected chi connectivity index (χ4v) is 3.52. The summed E-state index contributed by atoms with van der Waals surface area (Å²) in [4.78, 5) is 0. The molecule has 0 atom stereocenters. The van der Waals surface area contributed by atoms with Crippen molar-refractivity contribution in [1.29, 1.82) is 0 Å². The van der Waals surface area contributed by atoms with Crippen molar-refractivity contribution in [2.75, 3.05) is 39.3 Å². The van der Waals surface area contributed by atoms with Gasteiger partial charge in [0.25, 0.3) is 0 Å². The highest BCUT2D eigenvalue weighted by Gasteiger charge is 2.04. The molecule has 0 radical (unpaired) electrons. The SMILES string of the molecule is COCCCOc1ccc(Br)c(OCCOSCCC[SiH3])c1. The Bertz CT molecular complexity index is 409. The van der Waals surface area contributed by atoms with E-state index in [1.54, 1.807) is 7.11 Å². The highest BCUT2D eigenvalue weighted by atomic mass is 79.9. The van der Waals surface area contributed by atoms with Crippen LogP contribution in [0.3, 0.4) is 0 Å². The average Bonchev–Trinajstić information content (AvgIpc) is 2.53. The number of hydrogen-bond acceptors (Lipinski definition) is 5. The van der Waals surface area contributed by atoms with E-state index in [9.17, 15) is 0 Å². The molecular formula is C15H25BrO4SSi. The zero-order valence-electron chi connectivity index (χ0n) is 13.3. The molecular weight excluding hydrogens is 384 g/mol. The minimum Gasteiger partial charge on any atom is -0.493 e. The summed E-state index contributed by atoms with van der Waals surface area (Å²) in [6.45, 7) is 2.45. The van der Waals surface area contributed by atoms with Gasteiger partial charge in [-0.05, 0) is 46.5 Å². The molecule has 1 aromatic rings. The smallest absolute Gasteiger partial charge is 0.137 e. The van der Waals surface area contributed by atoms with E-state index < -0.39 is 0 Å². The van der Waals surface area contributed by atoms with Gasteiger partial charge in [0, 0.05) is 42.2 Å². The van der Waals surface area contributed by atoms with Gasteiger partial charge < -0.3 is 18.4 Å². The first-order chi connectivity index (χ1) is 10.8. The van der Waals surface area contributed by atoms with Crippen LogP contribution in [0.4, 0.5) is 0 Å². The molecule has 0 aromatic heterocycles. The normalized spacial score (nSPS) is 10.8. The van der Waals surface area contributed by atoms with Crippen molar-refractivity contribution in [2.45, 2.75) is 18.9 Å². The Kier molecular flexibility index (Phi) is 11.9. The summed E-state index contributed by atoms with van der Waals surface area (Å²) in [6.07, 6.45) is 2.11. The maximum Gasteiger partial charge on any atom is 0.137 e. The van der Waals surface area contributed by atoms with Crippen LogP contribution < -0.4 is 9.47 Å². The minimum absolute atomic E-state index is 0.527. The van der Waals surface area contributed by atoms with E-state index in [1.807, 2.05) is 18.2 Å². The van der Waals surface area contributed by atoms with Crippen LogP contribution in [0.5, 0.6) is 11.5 Å². The van der Waals surface area contributed by atoms with Gasteiger partial charge in [0.15, 0.2) is 0 Å². The Hall–Kier alpha value is -0.213. The zero-order valence-corrected chi connectivity index (χ0v) is 17.7. The van der Waals surface area contributed by atoms with Crippen molar-refractivity contribution in [3.8, 4) is 11.5 Å². The van der Waals surface area contributed by atoms with E-state index in [1.165, 1.54) is 34.8 Å². The summed E-state index contributed by atoms with van der Waals surface area (Å²) >= 11 is 5.01. The van der Waals surface area contributed by atoms with Crippen molar-refractivity contribution >= 4 is 38.2 Å². The van der Waals surface area contributed by atoms with Crippen LogP contribution in [-0.2, 0) is 8.92 Å². The van der Waals surface area contributed by atoms with Gasteiger partial charge in [-0.15, -0.1) is 0 Å². The van der Waals surface area contributed by atoms with E-state index in [0.29, 0.717) is 26.4 Å². The number of methoxy groups -OCH3 is 1. The Morgan fingerprint density at radius 3 is 2.73 bits per heavy atom. The Morgan fingerprint density at radius 1 is 1.09 bits per heavy atom. The molecule has 0 fully saturated rings. The summed E-state index contributed by atoms with van der Waals surface area (Å²) in [7, 11) is 2.96. The summed E-state index contributed by atoms with van der Waals surface area (Å²) in [6, 6.07) is 7.08. The molecule has 4 nitrogen and oxygen atoms in total. The first kappa shape index (κ1) is 19.8. The standard InChI is InChI=1S/C15H25BrO4SSi/c1-17-6-2-7-18-13-4-5-14(16)15(12-13)19-8-9-20-21-10-3-11-22/h4-5,12H,2-3,6-11H2,1,22H3. The van der Waals surface area contributed by atoms with Gasteiger partial charge in [0.2, 0.25) is 0 Å². The molecule has 0 N–H and O–H groups in total. The molecule has 1 aromatic carbocycles. The summed E-state index contributed by atoms with van der Waals surface area (Å²) in [5, 5.41) is 0. The van der Waals surface area contributed by atoms with E-state index in [0.717, 1.165) is 28.1 Å². The highest BCUT2D eigenvalue weighted by Crippen LogP contribution is 2.29. The molecule has 0 aliphatic carbocycles. The monoisotopic (exact) mass is 408 g/mol. The van der Waals surface area contributed by atoms with Gasteiger partial charge in [-0.2, -0.15) is 0 Å². The zero-order chi connectivity index (χ0) is 16.0. The summed E-state index contributed by atoms with van der Waals surface area (Å²) in [5.41, 5.74) is 0. The Balaban J connectivity index is 2.26. The lowest BCUT2D eigenvalue weighted by molar-refractivity contribution is 0.172. The van der Waals surface area contributed by atoms with Crippen molar-refractivity contribution in [2.24, 2.45) is 0 Å². The quantitative estimate of drug-likeness (QED) is 0.284. The Morgan fingerprint density at radius 2 is 1.95 bits per heavy atom. The van der Waals surface area contributed by atoms with Crippen molar-refractivity contribution in [3.63, 3.8) is 0 Å². The summed E-state index contributed by atoms with van der Waals surface area (Å²) < 4.78 is 22.8. The fraction of sp³-hybridized carbons (Fsp3) is 0.600. The predicted octanol–water partition coefficient (Wildman–Crippen LogP) is 3.08. The first-order valence-electron chi connectivity index (χ1n) is 7.56. The van der Waals surface area contributed by atoms with Crippen LogP contribution in [0.25, 0.3) is 0 Å². The number of ether oxygens (including phenoxy) is 3. The maximum absolute atomic E-state index is 5.73. The van der Waals surface area contributed by atoms with E-state index in [2.05, 4.69) is 15.9 Å². The van der Waals surface area contributed by atoms with Gasteiger partial charge in [-0.3, -0.25) is 0 Å². The number of benzene rings is 1. The van der Waals surface area contributed by atoms with Crippen molar-refractivity contribution < 1.29 is 18.4 Å². The number of halogens is 1. The topological polar surface area (TPSA) is 36.9 Å². The second kappa shape index (κ2) is 13.2. The van der Waals surface area contributed by atoms with E-state index >= 15 is 0 Å². The van der Waals surface area contributed by atoms with Crippen LogP contribution in [0.2, 0.25) is 6.04 Å². The predicted molar refractivity (Wildman–Crippen MR) is 99.4 cm³/mol. The summed E-state index contributed by atoms with van der Waals surface area (Å²) in [5.74, 6) is 2.65. The van der Waals surface area contributed by atoms with E-state index in [4.69, 9.17) is 18.4 Å². The molecule has 0 bridgehead atoms. The first-order valence-corrected chi connectivity index (χ1v) is 10.7.